The fourth-order valence-corrected chi connectivity index (χ4v) is 7.49. The molecule has 2 aromatic carbocycles. The predicted octanol–water partition coefficient (Wildman–Crippen LogP) is 7.40. The van der Waals surface area contributed by atoms with Crippen LogP contribution in [0.2, 0.25) is 0 Å². The van der Waals surface area contributed by atoms with Gasteiger partial charge in [-0.1, -0.05) is 24.3 Å². The number of ether oxygens (including phenoxy) is 1. The average molecular weight is 642 g/mol. The molecule has 4 rings (SSSR count). The lowest BCUT2D eigenvalue weighted by atomic mass is 9.78. The Morgan fingerprint density at radius 1 is 1.08 bits per heavy atom. The number of halogens is 6. The molecule has 1 amide bonds. The number of primary amides is 1. The smallest absolute Gasteiger partial charge is 0.400 e. The second-order valence-electron chi connectivity index (χ2n) is 9.17. The quantitative estimate of drug-likeness (QED) is 0.184. The van der Waals surface area contributed by atoms with E-state index >= 15 is 0 Å². The molecular formula is C24H22BrF5NO5PS. The molecule has 1 aliphatic rings. The third-order valence-corrected chi connectivity index (χ3v) is 10.1. The van der Waals surface area contributed by atoms with E-state index in [-0.39, 0.29) is 51.2 Å². The number of hydrogen-bond donors (Lipinski definition) is 3. The molecular weight excluding hydrogens is 620 g/mol. The summed E-state index contributed by atoms with van der Waals surface area (Å²) < 4.78 is 84.9. The molecule has 1 aliphatic carbocycles. The summed E-state index contributed by atoms with van der Waals surface area (Å²) in [5, 5.41) is 0.0780. The zero-order valence-corrected chi connectivity index (χ0v) is 22.8. The molecule has 0 saturated heterocycles. The van der Waals surface area contributed by atoms with Gasteiger partial charge in [-0.05, 0) is 70.8 Å². The third kappa shape index (κ3) is 5.77. The highest BCUT2D eigenvalue weighted by Crippen LogP contribution is 2.63. The van der Waals surface area contributed by atoms with Crippen LogP contribution < -0.4 is 10.5 Å². The van der Waals surface area contributed by atoms with E-state index in [9.17, 15) is 31.3 Å². The second kappa shape index (κ2) is 10.5. The lowest BCUT2D eigenvalue weighted by molar-refractivity contribution is -0.182. The number of nitrogens with two attached hydrogens (primary N) is 1. The van der Waals surface area contributed by atoms with E-state index in [0.29, 0.717) is 29.7 Å². The summed E-state index contributed by atoms with van der Waals surface area (Å²) in [4.78, 5) is 29.2. The summed E-state index contributed by atoms with van der Waals surface area (Å²) in [7, 11) is -5.85. The van der Waals surface area contributed by atoms with Gasteiger partial charge in [-0.2, -0.15) is 22.0 Å². The van der Waals surface area contributed by atoms with Crippen LogP contribution in [0.4, 0.5) is 22.0 Å². The van der Waals surface area contributed by atoms with Gasteiger partial charge in [0.1, 0.15) is 17.2 Å². The van der Waals surface area contributed by atoms with Crippen LogP contribution in [-0.4, -0.2) is 21.9 Å². The van der Waals surface area contributed by atoms with Crippen molar-refractivity contribution in [3.8, 4) is 5.75 Å². The molecule has 0 bridgehead atoms. The van der Waals surface area contributed by atoms with Gasteiger partial charge in [0.2, 0.25) is 5.91 Å². The zero-order chi connectivity index (χ0) is 28.0. The van der Waals surface area contributed by atoms with Crippen LogP contribution in [0.1, 0.15) is 58.0 Å². The van der Waals surface area contributed by atoms with Gasteiger partial charge in [0.05, 0.1) is 10.6 Å². The van der Waals surface area contributed by atoms with Crippen LogP contribution in [0.3, 0.4) is 0 Å². The molecule has 206 valence electrons. The van der Waals surface area contributed by atoms with Crippen molar-refractivity contribution in [1.82, 2.24) is 0 Å². The fourth-order valence-electron chi connectivity index (χ4n) is 4.52. The summed E-state index contributed by atoms with van der Waals surface area (Å²) >= 11 is 3.39. The second-order valence-corrected chi connectivity index (χ2v) is 12.6. The summed E-state index contributed by atoms with van der Waals surface area (Å²) in [5.41, 5.74) is 2.43. The first kappa shape index (κ1) is 28.9. The summed E-state index contributed by atoms with van der Waals surface area (Å²) in [6.07, 6.45) is -3.12. The Morgan fingerprint density at radius 3 is 2.21 bits per heavy atom. The topological polar surface area (TPSA) is 110 Å². The number of fused-ring (bicyclic) bond motifs is 1. The molecule has 0 unspecified atom stereocenters. The third-order valence-electron chi connectivity index (χ3n) is 6.65. The Morgan fingerprint density at radius 2 is 1.68 bits per heavy atom. The molecule has 3 aromatic rings. The van der Waals surface area contributed by atoms with E-state index in [4.69, 9.17) is 20.3 Å². The number of hydrogen-bond acceptors (Lipinski definition) is 4. The van der Waals surface area contributed by atoms with Crippen LogP contribution in [0.25, 0.3) is 10.1 Å². The minimum Gasteiger partial charge on any atom is -0.487 e. The summed E-state index contributed by atoms with van der Waals surface area (Å²) in [6.45, 7) is -0.0435. The van der Waals surface area contributed by atoms with E-state index < -0.39 is 36.1 Å². The van der Waals surface area contributed by atoms with Crippen molar-refractivity contribution in [2.24, 2.45) is 11.7 Å². The van der Waals surface area contributed by atoms with Crippen LogP contribution >= 0.6 is 34.9 Å². The summed E-state index contributed by atoms with van der Waals surface area (Å²) in [6, 6.07) is 9.61. The molecule has 1 aromatic heterocycles. The standard InChI is InChI=1S/C24H22BrF5NO5PS/c25-19-17-9-15(22(31)32)10-18(20(17)38-21(19)24(29,30)37(33,34)35)36-11-12-1-3-13(4-2-12)14-5-7-16(8-6-14)23(26,27)28/h1-4,9-10,14,16H,5-8,11H2,(H2,31,32)(H2,33,34,35). The van der Waals surface area contributed by atoms with Gasteiger partial charge in [-0.25, -0.2) is 0 Å². The number of carbonyl (C=O) groups excluding carboxylic acids is 1. The summed E-state index contributed by atoms with van der Waals surface area (Å²) in [5.74, 6) is -2.08. The Hall–Kier alpha value is -2.05. The van der Waals surface area contributed by atoms with E-state index in [1.165, 1.54) is 12.1 Å². The van der Waals surface area contributed by atoms with E-state index in [2.05, 4.69) is 15.9 Å². The van der Waals surface area contributed by atoms with Crippen LogP contribution in [-0.2, 0) is 16.8 Å². The first-order valence-electron chi connectivity index (χ1n) is 11.4. The SMILES string of the molecule is NC(=O)c1cc(OCc2ccc(C3CCC(C(F)(F)F)CC3)cc2)c2sc(C(F)(F)P(=O)(O)O)c(Br)c2c1. The van der Waals surface area contributed by atoms with Gasteiger partial charge in [0, 0.05) is 15.4 Å². The highest BCUT2D eigenvalue weighted by molar-refractivity contribution is 9.10. The minimum atomic E-state index is -5.85. The minimum absolute atomic E-state index is 0.0179. The van der Waals surface area contributed by atoms with Gasteiger partial charge in [0.15, 0.2) is 0 Å². The molecule has 1 saturated carbocycles. The first-order chi connectivity index (χ1) is 17.6. The molecule has 1 heterocycles. The highest BCUT2D eigenvalue weighted by Gasteiger charge is 2.53. The number of carbonyl (C=O) groups is 1. The van der Waals surface area contributed by atoms with Crippen molar-refractivity contribution in [1.29, 1.82) is 0 Å². The maximum atomic E-state index is 14.5. The molecule has 0 spiro atoms. The fraction of sp³-hybridized carbons (Fsp3) is 0.375. The van der Waals surface area contributed by atoms with Gasteiger partial charge in [-0.15, -0.1) is 11.3 Å². The van der Waals surface area contributed by atoms with Crippen molar-refractivity contribution in [2.75, 3.05) is 0 Å². The normalized spacial score (nSPS) is 19.1. The lowest BCUT2D eigenvalue weighted by Crippen LogP contribution is -2.27. The van der Waals surface area contributed by atoms with Crippen LogP contribution in [0.15, 0.2) is 40.9 Å². The molecule has 14 heteroatoms. The molecule has 0 radical (unpaired) electrons. The number of amides is 1. The van der Waals surface area contributed by atoms with Gasteiger partial charge in [0.25, 0.3) is 0 Å². The highest BCUT2D eigenvalue weighted by atomic mass is 79.9. The van der Waals surface area contributed by atoms with Gasteiger partial charge >= 0.3 is 19.4 Å². The number of alkyl halides is 5. The Bertz CT molecular complexity index is 1400. The van der Waals surface area contributed by atoms with E-state index in [0.717, 1.165) is 5.56 Å². The largest absolute Gasteiger partial charge is 0.487 e. The van der Waals surface area contributed by atoms with Crippen LogP contribution in [0.5, 0.6) is 5.75 Å². The van der Waals surface area contributed by atoms with Crippen molar-refractivity contribution >= 4 is 50.9 Å². The lowest BCUT2D eigenvalue weighted by Gasteiger charge is -2.30. The predicted molar refractivity (Wildman–Crippen MR) is 136 cm³/mol. The molecule has 0 aliphatic heterocycles. The van der Waals surface area contributed by atoms with E-state index in [1.807, 2.05) is 12.1 Å². The van der Waals surface area contributed by atoms with Crippen LogP contribution in [0, 0.1) is 5.92 Å². The van der Waals surface area contributed by atoms with Crippen molar-refractivity contribution in [2.45, 2.75) is 50.0 Å². The Labute approximate surface area is 226 Å². The molecule has 1 fully saturated rings. The van der Waals surface area contributed by atoms with E-state index in [1.54, 1.807) is 12.1 Å². The van der Waals surface area contributed by atoms with Crippen molar-refractivity contribution in [3.05, 3.63) is 62.4 Å². The number of benzene rings is 2. The molecule has 6 nitrogen and oxygen atoms in total. The number of rotatable bonds is 7. The average Bonchev–Trinajstić information content (AvgIpc) is 3.19. The Balaban J connectivity index is 1.56. The van der Waals surface area contributed by atoms with Crippen molar-refractivity contribution in [3.63, 3.8) is 0 Å². The Kier molecular flexibility index (Phi) is 8.00. The van der Waals surface area contributed by atoms with Gasteiger partial charge in [-0.3, -0.25) is 9.36 Å². The van der Waals surface area contributed by atoms with Crippen molar-refractivity contribution < 1.29 is 45.8 Å². The molecule has 0 atom stereocenters. The monoisotopic (exact) mass is 641 g/mol. The maximum Gasteiger partial charge on any atom is 0.400 e. The number of thiophene rings is 1. The maximum absolute atomic E-state index is 14.5. The zero-order valence-electron chi connectivity index (χ0n) is 19.5. The van der Waals surface area contributed by atoms with Gasteiger partial charge < -0.3 is 20.3 Å². The molecule has 38 heavy (non-hydrogen) atoms. The first-order valence-corrected chi connectivity index (χ1v) is 14.6. The molecule has 4 N–H and O–H groups in total.